The summed E-state index contributed by atoms with van der Waals surface area (Å²) in [5.74, 6) is -0.393. The van der Waals surface area contributed by atoms with Gasteiger partial charge in [0.2, 0.25) is 0 Å². The number of carbonyl (C=O) groups excluding carboxylic acids is 1. The quantitative estimate of drug-likeness (QED) is 0.404. The summed E-state index contributed by atoms with van der Waals surface area (Å²) in [7, 11) is 0. The Labute approximate surface area is 162 Å². The summed E-state index contributed by atoms with van der Waals surface area (Å²) in [5.41, 5.74) is 7.05. The summed E-state index contributed by atoms with van der Waals surface area (Å²) >= 11 is 6.10. The Kier molecular flexibility index (Phi) is 10.0. The van der Waals surface area contributed by atoms with Crippen molar-refractivity contribution in [3.05, 3.63) is 69.8 Å². The van der Waals surface area contributed by atoms with Crippen LogP contribution in [-0.2, 0) is 4.84 Å². The highest BCUT2D eigenvalue weighted by atomic mass is 35.5. The lowest BCUT2D eigenvalue weighted by Gasteiger charge is -2.17. The molecule has 0 aliphatic carbocycles. The molecule has 0 spiro atoms. The van der Waals surface area contributed by atoms with Crippen molar-refractivity contribution < 1.29 is 9.63 Å². The summed E-state index contributed by atoms with van der Waals surface area (Å²) in [6.45, 7) is 10.2. The van der Waals surface area contributed by atoms with Crippen LogP contribution in [0.4, 0.5) is 0 Å². The van der Waals surface area contributed by atoms with E-state index in [1.807, 2.05) is 32.0 Å². The summed E-state index contributed by atoms with van der Waals surface area (Å²) in [4.78, 5) is 17.5. The number of nitrogens with one attached hydrogen (secondary N) is 1. The van der Waals surface area contributed by atoms with Crippen LogP contribution in [0, 0.1) is 0 Å². The van der Waals surface area contributed by atoms with Gasteiger partial charge >= 0.3 is 5.97 Å². The van der Waals surface area contributed by atoms with Crippen molar-refractivity contribution in [3.63, 3.8) is 0 Å². The molecule has 142 valence electrons. The van der Waals surface area contributed by atoms with Crippen LogP contribution in [0.1, 0.15) is 64.2 Å². The summed E-state index contributed by atoms with van der Waals surface area (Å²) in [6.07, 6.45) is 6.99. The summed E-state index contributed by atoms with van der Waals surface area (Å²) in [5, 5.41) is 0.766. The first-order chi connectivity index (χ1) is 12.3. The van der Waals surface area contributed by atoms with Crippen LogP contribution in [0.25, 0.3) is 0 Å². The minimum atomic E-state index is -0.393. The maximum Gasteiger partial charge on any atom is 0.356 e. The molecule has 1 N–H and O–H groups in total. The molecule has 0 heterocycles. The minimum absolute atomic E-state index is 0.122. The van der Waals surface area contributed by atoms with Gasteiger partial charge < -0.3 is 4.84 Å². The monoisotopic (exact) mass is 375 g/mol. The third-order valence-corrected chi connectivity index (χ3v) is 4.33. The highest BCUT2D eigenvalue weighted by Crippen LogP contribution is 2.17. The van der Waals surface area contributed by atoms with Crippen molar-refractivity contribution in [2.24, 2.45) is 0 Å². The van der Waals surface area contributed by atoms with E-state index in [1.54, 1.807) is 12.1 Å². The van der Waals surface area contributed by atoms with Gasteiger partial charge in [-0.05, 0) is 66.0 Å². The predicted octanol–water partition coefficient (Wildman–Crippen LogP) is 6.33. The molecule has 4 heteroatoms. The lowest BCUT2D eigenvalue weighted by atomic mass is 10.0. The molecular weight excluding hydrogens is 346 g/mol. The molecule has 0 aliphatic heterocycles. The second-order valence-electron chi connectivity index (χ2n) is 6.83. The Bertz CT molecular complexity index is 667. The van der Waals surface area contributed by atoms with E-state index in [0.29, 0.717) is 12.0 Å². The summed E-state index contributed by atoms with van der Waals surface area (Å²) < 4.78 is 0. The Morgan fingerprint density at radius 1 is 1.15 bits per heavy atom. The first-order valence-electron chi connectivity index (χ1n) is 8.94. The van der Waals surface area contributed by atoms with Gasteiger partial charge in [0, 0.05) is 5.03 Å². The Morgan fingerprint density at radius 2 is 1.81 bits per heavy atom. The molecule has 26 heavy (non-hydrogen) atoms. The third kappa shape index (κ3) is 9.02. The molecule has 0 radical (unpaired) electrons. The van der Waals surface area contributed by atoms with Gasteiger partial charge in [-0.15, -0.1) is 5.48 Å². The molecule has 0 fully saturated rings. The Hall–Kier alpha value is -1.84. The van der Waals surface area contributed by atoms with Crippen LogP contribution in [0.5, 0.6) is 0 Å². The number of hydrogen-bond acceptors (Lipinski definition) is 3. The molecule has 1 aromatic rings. The smallest absolute Gasteiger partial charge is 0.356 e. The predicted molar refractivity (Wildman–Crippen MR) is 110 cm³/mol. The maximum atomic E-state index is 12.2. The van der Waals surface area contributed by atoms with Gasteiger partial charge in [-0.2, -0.15) is 0 Å². The second kappa shape index (κ2) is 11.7. The molecule has 3 nitrogen and oxygen atoms in total. The van der Waals surface area contributed by atoms with Crippen LogP contribution in [0.3, 0.4) is 0 Å². The van der Waals surface area contributed by atoms with Gasteiger partial charge in [-0.25, -0.2) is 4.79 Å². The molecule has 0 saturated carbocycles. The van der Waals surface area contributed by atoms with Gasteiger partial charge in [0.25, 0.3) is 0 Å². The van der Waals surface area contributed by atoms with E-state index in [9.17, 15) is 4.79 Å². The molecule has 0 amide bonds. The van der Waals surface area contributed by atoms with Crippen LogP contribution in [0.15, 0.2) is 64.2 Å². The average Bonchev–Trinajstić information content (AvgIpc) is 2.59. The van der Waals surface area contributed by atoms with Gasteiger partial charge in [-0.1, -0.05) is 58.7 Å². The SMILES string of the molecule is CC(C)=CCCC(C)=CC(CC(C)=C(C)Cl)NOC(=O)c1ccccc1. The number of benzene rings is 1. The fourth-order valence-corrected chi connectivity index (χ4v) is 2.46. The van der Waals surface area contributed by atoms with Crippen molar-refractivity contribution in [1.82, 2.24) is 5.48 Å². The molecule has 1 atom stereocenters. The largest absolute Gasteiger partial charge is 0.366 e. The molecular formula is C22H30ClNO2. The lowest BCUT2D eigenvalue weighted by Crippen LogP contribution is -2.31. The average molecular weight is 376 g/mol. The van der Waals surface area contributed by atoms with Crippen LogP contribution >= 0.6 is 11.6 Å². The van der Waals surface area contributed by atoms with Crippen molar-refractivity contribution in [2.75, 3.05) is 0 Å². The van der Waals surface area contributed by atoms with Crippen molar-refractivity contribution >= 4 is 17.6 Å². The van der Waals surface area contributed by atoms with Crippen LogP contribution in [-0.4, -0.2) is 12.0 Å². The standard InChI is InChI=1S/C22H30ClNO2/c1-16(2)10-9-11-17(3)14-21(15-18(4)19(5)23)24-26-22(25)20-12-7-6-8-13-20/h6-8,10,12-14,21,24H,9,11,15H2,1-5H3. The third-order valence-electron chi connectivity index (χ3n) is 4.00. The number of halogens is 1. The zero-order chi connectivity index (χ0) is 19.5. The number of hydrogen-bond donors (Lipinski definition) is 1. The zero-order valence-corrected chi connectivity index (χ0v) is 17.2. The molecule has 1 rings (SSSR count). The van der Waals surface area contributed by atoms with Gasteiger partial charge in [0.1, 0.15) is 0 Å². The Balaban J connectivity index is 2.76. The van der Waals surface area contributed by atoms with Gasteiger partial charge in [0.15, 0.2) is 0 Å². The second-order valence-corrected chi connectivity index (χ2v) is 7.40. The fourth-order valence-electron chi connectivity index (χ4n) is 2.38. The van der Waals surface area contributed by atoms with Crippen molar-refractivity contribution in [3.8, 4) is 0 Å². The van der Waals surface area contributed by atoms with Crippen LogP contribution < -0.4 is 5.48 Å². The number of hydroxylamine groups is 1. The number of allylic oxidation sites excluding steroid dienone is 4. The molecule has 0 bridgehead atoms. The maximum absolute atomic E-state index is 12.2. The van der Waals surface area contributed by atoms with Crippen LogP contribution in [0.2, 0.25) is 0 Å². The van der Waals surface area contributed by atoms with Gasteiger partial charge in [0.05, 0.1) is 11.6 Å². The molecule has 0 aliphatic rings. The highest BCUT2D eigenvalue weighted by molar-refractivity contribution is 6.29. The van der Waals surface area contributed by atoms with E-state index >= 15 is 0 Å². The van der Waals surface area contributed by atoms with Gasteiger partial charge in [-0.3, -0.25) is 0 Å². The minimum Gasteiger partial charge on any atom is -0.366 e. The summed E-state index contributed by atoms with van der Waals surface area (Å²) in [6, 6.07) is 8.82. The van der Waals surface area contributed by atoms with Crippen molar-refractivity contribution in [1.29, 1.82) is 0 Å². The highest BCUT2D eigenvalue weighted by Gasteiger charge is 2.13. The normalized spacial score (nSPS) is 13.7. The topological polar surface area (TPSA) is 38.3 Å². The molecule has 1 unspecified atom stereocenters. The fraction of sp³-hybridized carbons (Fsp3) is 0.409. The first kappa shape index (κ1) is 22.2. The molecule has 0 aromatic heterocycles. The van der Waals surface area contributed by atoms with E-state index in [0.717, 1.165) is 23.4 Å². The van der Waals surface area contributed by atoms with E-state index in [2.05, 4.69) is 38.4 Å². The van der Waals surface area contributed by atoms with E-state index < -0.39 is 5.97 Å². The number of carbonyl (C=O) groups is 1. The molecule has 0 saturated heterocycles. The lowest BCUT2D eigenvalue weighted by molar-refractivity contribution is 0.0196. The van der Waals surface area contributed by atoms with E-state index in [-0.39, 0.29) is 6.04 Å². The first-order valence-corrected chi connectivity index (χ1v) is 9.31. The molecule has 1 aromatic carbocycles. The zero-order valence-electron chi connectivity index (χ0n) is 16.4. The van der Waals surface area contributed by atoms with Crippen molar-refractivity contribution in [2.45, 2.75) is 59.9 Å². The van der Waals surface area contributed by atoms with E-state index in [4.69, 9.17) is 16.4 Å². The van der Waals surface area contributed by atoms with E-state index in [1.165, 1.54) is 11.1 Å². The number of rotatable bonds is 9. The Morgan fingerprint density at radius 3 is 2.38 bits per heavy atom.